The van der Waals surface area contributed by atoms with Crippen LogP contribution in [0.25, 0.3) is 0 Å². The summed E-state index contributed by atoms with van der Waals surface area (Å²) in [5.74, 6) is 2.47. The SMILES string of the molecule is CC(C)CCC[C@H](C)CCC[C@H](C)CCC[C@H](O)CO. The molecule has 2 heteroatoms. The lowest BCUT2D eigenvalue weighted by molar-refractivity contribution is 0.0850. The number of hydrogen-bond donors (Lipinski definition) is 2. The summed E-state index contributed by atoms with van der Waals surface area (Å²) in [6.07, 6.45) is 10.6. The van der Waals surface area contributed by atoms with E-state index in [0.717, 1.165) is 30.6 Å². The van der Waals surface area contributed by atoms with Gasteiger partial charge in [-0.2, -0.15) is 0 Å². The summed E-state index contributed by atoms with van der Waals surface area (Å²) in [7, 11) is 0. The lowest BCUT2D eigenvalue weighted by Gasteiger charge is -2.15. The van der Waals surface area contributed by atoms with E-state index < -0.39 is 6.10 Å². The largest absolute Gasteiger partial charge is 0.394 e. The first-order valence-electron chi connectivity index (χ1n) is 8.74. The van der Waals surface area contributed by atoms with E-state index in [0.29, 0.717) is 0 Å². The standard InChI is InChI=1S/C18H38O2/c1-15(2)8-5-9-16(3)10-6-11-17(4)12-7-13-18(20)14-19/h15-20H,5-14H2,1-4H3/t16-,17-,18-/m0/s1. The molecule has 0 bridgehead atoms. The first-order valence-corrected chi connectivity index (χ1v) is 8.74. The van der Waals surface area contributed by atoms with E-state index >= 15 is 0 Å². The molecule has 20 heavy (non-hydrogen) atoms. The minimum atomic E-state index is -0.511. The van der Waals surface area contributed by atoms with Gasteiger partial charge in [0, 0.05) is 0 Å². The van der Waals surface area contributed by atoms with Crippen molar-refractivity contribution < 1.29 is 10.2 Å². The second kappa shape index (κ2) is 12.6. The highest BCUT2D eigenvalue weighted by Gasteiger charge is 2.08. The van der Waals surface area contributed by atoms with Gasteiger partial charge in [0.15, 0.2) is 0 Å². The van der Waals surface area contributed by atoms with E-state index in [2.05, 4.69) is 27.7 Å². The van der Waals surface area contributed by atoms with Crippen molar-refractivity contribution in [3.8, 4) is 0 Å². The molecular weight excluding hydrogens is 248 g/mol. The van der Waals surface area contributed by atoms with Crippen LogP contribution in [-0.2, 0) is 0 Å². The van der Waals surface area contributed by atoms with Gasteiger partial charge in [-0.1, -0.05) is 79.1 Å². The van der Waals surface area contributed by atoms with Crippen LogP contribution in [-0.4, -0.2) is 22.9 Å². The van der Waals surface area contributed by atoms with Crippen LogP contribution >= 0.6 is 0 Å². The van der Waals surface area contributed by atoms with E-state index in [-0.39, 0.29) is 6.61 Å². The summed E-state index contributed by atoms with van der Waals surface area (Å²) in [6, 6.07) is 0. The number of hydrogen-bond acceptors (Lipinski definition) is 2. The molecule has 0 heterocycles. The van der Waals surface area contributed by atoms with Gasteiger partial charge in [0.1, 0.15) is 0 Å². The van der Waals surface area contributed by atoms with Crippen LogP contribution in [0.5, 0.6) is 0 Å². The highest BCUT2D eigenvalue weighted by atomic mass is 16.3. The van der Waals surface area contributed by atoms with Crippen molar-refractivity contribution in [2.75, 3.05) is 6.61 Å². The van der Waals surface area contributed by atoms with Gasteiger partial charge in [-0.05, 0) is 24.2 Å². The lowest BCUT2D eigenvalue weighted by atomic mass is 9.92. The van der Waals surface area contributed by atoms with E-state index in [4.69, 9.17) is 5.11 Å². The van der Waals surface area contributed by atoms with Crippen molar-refractivity contribution in [3.05, 3.63) is 0 Å². The normalized spacial score (nSPS) is 16.4. The summed E-state index contributed by atoms with van der Waals surface area (Å²) in [5.41, 5.74) is 0. The molecule has 2 nitrogen and oxygen atoms in total. The highest BCUT2D eigenvalue weighted by molar-refractivity contribution is 4.61. The summed E-state index contributed by atoms with van der Waals surface area (Å²) < 4.78 is 0. The fourth-order valence-electron chi connectivity index (χ4n) is 2.77. The zero-order chi connectivity index (χ0) is 15.4. The lowest BCUT2D eigenvalue weighted by Crippen LogP contribution is -2.11. The molecule has 0 aliphatic carbocycles. The van der Waals surface area contributed by atoms with Crippen LogP contribution in [0.2, 0.25) is 0 Å². The number of aliphatic hydroxyl groups excluding tert-OH is 2. The minimum absolute atomic E-state index is 0.0950. The fraction of sp³-hybridized carbons (Fsp3) is 1.00. The third-order valence-electron chi connectivity index (χ3n) is 4.32. The third-order valence-corrected chi connectivity index (χ3v) is 4.32. The molecule has 0 fully saturated rings. The summed E-state index contributed by atoms with van der Waals surface area (Å²) in [5, 5.41) is 18.0. The third kappa shape index (κ3) is 12.9. The molecule has 2 N–H and O–H groups in total. The van der Waals surface area contributed by atoms with Gasteiger partial charge in [0.25, 0.3) is 0 Å². The quantitative estimate of drug-likeness (QED) is 0.511. The first-order chi connectivity index (χ1) is 9.45. The van der Waals surface area contributed by atoms with Gasteiger partial charge in [0.05, 0.1) is 12.7 Å². The number of aliphatic hydroxyl groups is 2. The summed E-state index contributed by atoms with van der Waals surface area (Å²) in [6.45, 7) is 9.22. The molecular formula is C18H38O2. The maximum Gasteiger partial charge on any atom is 0.0770 e. The predicted octanol–water partition coefficient (Wildman–Crippen LogP) is 4.78. The Kier molecular flexibility index (Phi) is 12.6. The zero-order valence-electron chi connectivity index (χ0n) is 14.3. The average molecular weight is 286 g/mol. The summed E-state index contributed by atoms with van der Waals surface area (Å²) in [4.78, 5) is 0. The fourth-order valence-corrected chi connectivity index (χ4v) is 2.77. The van der Waals surface area contributed by atoms with Crippen molar-refractivity contribution in [1.82, 2.24) is 0 Å². The molecule has 0 aliphatic rings. The molecule has 0 amide bonds. The van der Waals surface area contributed by atoms with E-state index in [1.807, 2.05) is 0 Å². The molecule has 0 rings (SSSR count). The van der Waals surface area contributed by atoms with Gasteiger partial charge < -0.3 is 10.2 Å². The summed E-state index contributed by atoms with van der Waals surface area (Å²) >= 11 is 0. The maximum absolute atomic E-state index is 9.29. The van der Waals surface area contributed by atoms with Crippen LogP contribution in [0.1, 0.15) is 85.5 Å². The molecule has 122 valence electrons. The molecule has 0 spiro atoms. The molecule has 0 aromatic rings. The van der Waals surface area contributed by atoms with E-state index in [1.165, 1.54) is 44.9 Å². The zero-order valence-corrected chi connectivity index (χ0v) is 14.3. The molecule has 0 aromatic carbocycles. The van der Waals surface area contributed by atoms with Crippen molar-refractivity contribution in [1.29, 1.82) is 0 Å². The van der Waals surface area contributed by atoms with Crippen LogP contribution in [0.3, 0.4) is 0 Å². The van der Waals surface area contributed by atoms with Crippen molar-refractivity contribution in [2.24, 2.45) is 17.8 Å². The Labute approximate surface area is 127 Å². The Morgan fingerprint density at radius 3 is 1.45 bits per heavy atom. The van der Waals surface area contributed by atoms with Crippen LogP contribution in [0.15, 0.2) is 0 Å². The van der Waals surface area contributed by atoms with Crippen LogP contribution in [0.4, 0.5) is 0 Å². The van der Waals surface area contributed by atoms with Gasteiger partial charge >= 0.3 is 0 Å². The Balaban J connectivity index is 3.43. The minimum Gasteiger partial charge on any atom is -0.394 e. The second-order valence-corrected chi connectivity index (χ2v) is 7.23. The van der Waals surface area contributed by atoms with E-state index in [9.17, 15) is 5.11 Å². The molecule has 0 saturated carbocycles. The molecule has 0 aromatic heterocycles. The van der Waals surface area contributed by atoms with Crippen molar-refractivity contribution in [3.63, 3.8) is 0 Å². The Bertz CT molecular complexity index is 204. The van der Waals surface area contributed by atoms with Crippen LogP contribution in [0, 0.1) is 17.8 Å². The molecule has 0 radical (unpaired) electrons. The second-order valence-electron chi connectivity index (χ2n) is 7.23. The highest BCUT2D eigenvalue weighted by Crippen LogP contribution is 2.21. The van der Waals surface area contributed by atoms with Gasteiger partial charge in [0.2, 0.25) is 0 Å². The van der Waals surface area contributed by atoms with Crippen LogP contribution < -0.4 is 0 Å². The smallest absolute Gasteiger partial charge is 0.0770 e. The van der Waals surface area contributed by atoms with Crippen molar-refractivity contribution in [2.45, 2.75) is 91.6 Å². The van der Waals surface area contributed by atoms with Gasteiger partial charge in [-0.25, -0.2) is 0 Å². The molecule has 0 aliphatic heterocycles. The topological polar surface area (TPSA) is 40.5 Å². The van der Waals surface area contributed by atoms with Gasteiger partial charge in [-0.3, -0.25) is 0 Å². The monoisotopic (exact) mass is 286 g/mol. The molecule has 0 unspecified atom stereocenters. The van der Waals surface area contributed by atoms with E-state index in [1.54, 1.807) is 0 Å². The number of rotatable bonds is 13. The first kappa shape index (κ1) is 19.9. The molecule has 3 atom stereocenters. The Morgan fingerprint density at radius 2 is 1.05 bits per heavy atom. The maximum atomic E-state index is 9.29. The van der Waals surface area contributed by atoms with Crippen molar-refractivity contribution >= 4 is 0 Å². The Hall–Kier alpha value is -0.0800. The predicted molar refractivity (Wildman–Crippen MR) is 87.8 cm³/mol. The van der Waals surface area contributed by atoms with Gasteiger partial charge in [-0.15, -0.1) is 0 Å². The average Bonchev–Trinajstić information content (AvgIpc) is 2.38. The molecule has 0 saturated heterocycles. The Morgan fingerprint density at radius 1 is 0.650 bits per heavy atom.